The Kier molecular flexibility index (Phi) is 4.02. The molecule has 0 aliphatic carbocycles. The van der Waals surface area contributed by atoms with Gasteiger partial charge in [0.25, 0.3) is 0 Å². The van der Waals surface area contributed by atoms with Crippen molar-refractivity contribution in [1.82, 2.24) is 14.9 Å². The summed E-state index contributed by atoms with van der Waals surface area (Å²) in [6.45, 7) is 1.14. The number of sulfonamides is 1. The minimum atomic E-state index is -3.64. The van der Waals surface area contributed by atoms with Crippen molar-refractivity contribution in [2.75, 3.05) is 0 Å². The first-order valence-corrected chi connectivity index (χ1v) is 7.52. The summed E-state index contributed by atoms with van der Waals surface area (Å²) in [4.78, 5) is 0.122. The number of rotatable bonds is 5. The van der Waals surface area contributed by atoms with Gasteiger partial charge in [0.05, 0.1) is 10.6 Å². The van der Waals surface area contributed by atoms with Crippen LogP contribution in [0.15, 0.2) is 34.5 Å². The Labute approximate surface area is 109 Å². The van der Waals surface area contributed by atoms with Crippen molar-refractivity contribution in [2.24, 2.45) is 5.14 Å². The van der Waals surface area contributed by atoms with Crippen LogP contribution in [-0.4, -0.2) is 18.0 Å². The van der Waals surface area contributed by atoms with Crippen molar-refractivity contribution >= 4 is 21.6 Å². The molecule has 0 saturated heterocycles. The van der Waals surface area contributed by atoms with Crippen LogP contribution < -0.4 is 10.5 Å². The molecule has 0 bridgehead atoms. The van der Waals surface area contributed by atoms with Crippen LogP contribution in [-0.2, 0) is 23.1 Å². The lowest BCUT2D eigenvalue weighted by atomic mass is 10.2. The molecule has 96 valence electrons. The summed E-state index contributed by atoms with van der Waals surface area (Å²) in [5.74, 6) is 0. The molecule has 0 radical (unpaired) electrons. The third-order valence-electron chi connectivity index (χ3n) is 2.27. The minimum absolute atomic E-state index is 0.122. The lowest BCUT2D eigenvalue weighted by Crippen LogP contribution is -2.15. The van der Waals surface area contributed by atoms with Crippen molar-refractivity contribution in [2.45, 2.75) is 18.0 Å². The molecular weight excluding hydrogens is 272 g/mol. The third-order valence-corrected chi connectivity index (χ3v) is 3.73. The molecule has 0 spiro atoms. The zero-order chi connectivity index (χ0) is 13.0. The van der Waals surface area contributed by atoms with Gasteiger partial charge < -0.3 is 5.32 Å². The van der Waals surface area contributed by atoms with Crippen LogP contribution in [0, 0.1) is 0 Å². The van der Waals surface area contributed by atoms with E-state index in [1.165, 1.54) is 17.6 Å². The molecule has 0 aliphatic heterocycles. The van der Waals surface area contributed by atoms with Gasteiger partial charge in [-0.05, 0) is 29.2 Å². The Morgan fingerprint density at radius 1 is 1.33 bits per heavy atom. The Morgan fingerprint density at radius 2 is 2.17 bits per heavy atom. The van der Waals surface area contributed by atoms with Gasteiger partial charge >= 0.3 is 0 Å². The van der Waals surface area contributed by atoms with Gasteiger partial charge in [0.2, 0.25) is 10.0 Å². The van der Waals surface area contributed by atoms with E-state index >= 15 is 0 Å². The van der Waals surface area contributed by atoms with Gasteiger partial charge in [-0.2, -0.15) is 0 Å². The van der Waals surface area contributed by atoms with Crippen molar-refractivity contribution < 1.29 is 8.42 Å². The number of nitrogens with two attached hydrogens (primary N) is 1. The first kappa shape index (κ1) is 13.1. The third kappa shape index (κ3) is 3.57. The Bertz CT molecular complexity index is 611. The maximum absolute atomic E-state index is 11.2. The number of nitrogens with zero attached hydrogens (tertiary/aromatic N) is 2. The highest BCUT2D eigenvalue weighted by molar-refractivity contribution is 7.89. The summed E-state index contributed by atoms with van der Waals surface area (Å²) in [5, 5.41) is 14.0. The Balaban J connectivity index is 1.98. The fourth-order valence-corrected chi connectivity index (χ4v) is 2.46. The van der Waals surface area contributed by atoms with E-state index in [0.29, 0.717) is 13.1 Å². The van der Waals surface area contributed by atoms with E-state index in [1.807, 2.05) is 11.4 Å². The molecule has 0 unspecified atom stereocenters. The van der Waals surface area contributed by atoms with Crippen LogP contribution in [0.4, 0.5) is 0 Å². The summed E-state index contributed by atoms with van der Waals surface area (Å²) in [6, 6.07) is 6.53. The normalized spacial score (nSPS) is 11.6. The van der Waals surface area contributed by atoms with Crippen LogP contribution in [0.1, 0.15) is 11.3 Å². The predicted octanol–water partition coefficient (Wildman–Crippen LogP) is 0.475. The number of hydrogen-bond donors (Lipinski definition) is 2. The molecule has 6 nitrogen and oxygen atoms in total. The molecule has 18 heavy (non-hydrogen) atoms. The SMILES string of the molecule is NS(=O)(=O)c1cccc(CNCc2csnn2)c1. The largest absolute Gasteiger partial charge is 0.307 e. The first-order valence-electron chi connectivity index (χ1n) is 5.14. The number of primary sulfonamides is 1. The highest BCUT2D eigenvalue weighted by atomic mass is 32.2. The number of benzene rings is 1. The molecule has 1 heterocycles. The van der Waals surface area contributed by atoms with E-state index in [4.69, 9.17) is 5.14 Å². The summed E-state index contributed by atoms with van der Waals surface area (Å²) >= 11 is 1.29. The first-order chi connectivity index (χ1) is 8.55. The Hall–Kier alpha value is -1.35. The molecule has 3 N–H and O–H groups in total. The van der Waals surface area contributed by atoms with Crippen LogP contribution in [0.5, 0.6) is 0 Å². The monoisotopic (exact) mass is 284 g/mol. The molecule has 1 aromatic carbocycles. The van der Waals surface area contributed by atoms with Gasteiger partial charge in [-0.1, -0.05) is 16.6 Å². The smallest absolute Gasteiger partial charge is 0.238 e. The summed E-state index contributed by atoms with van der Waals surface area (Å²) in [5.41, 5.74) is 1.72. The van der Waals surface area contributed by atoms with Gasteiger partial charge in [-0.15, -0.1) is 5.10 Å². The van der Waals surface area contributed by atoms with E-state index in [-0.39, 0.29) is 4.90 Å². The topological polar surface area (TPSA) is 98.0 Å². The number of nitrogens with one attached hydrogen (secondary N) is 1. The quantitative estimate of drug-likeness (QED) is 0.832. The van der Waals surface area contributed by atoms with E-state index < -0.39 is 10.0 Å². The highest BCUT2D eigenvalue weighted by Crippen LogP contribution is 2.09. The molecule has 8 heteroatoms. The van der Waals surface area contributed by atoms with E-state index in [2.05, 4.69) is 14.9 Å². The van der Waals surface area contributed by atoms with E-state index in [0.717, 1.165) is 11.3 Å². The molecule has 1 aromatic heterocycles. The maximum atomic E-state index is 11.2. The second kappa shape index (κ2) is 5.53. The molecule has 0 fully saturated rings. The molecule has 0 aliphatic rings. The summed E-state index contributed by atoms with van der Waals surface area (Å²) < 4.78 is 26.1. The van der Waals surface area contributed by atoms with Crippen molar-refractivity contribution in [3.8, 4) is 0 Å². The van der Waals surface area contributed by atoms with Crippen molar-refractivity contribution in [3.05, 3.63) is 40.9 Å². The lowest BCUT2D eigenvalue weighted by molar-refractivity contribution is 0.597. The number of aromatic nitrogens is 2. The second-order valence-electron chi connectivity index (χ2n) is 3.69. The molecule has 0 amide bonds. The molecule has 2 aromatic rings. The van der Waals surface area contributed by atoms with Crippen LogP contribution in [0.25, 0.3) is 0 Å². The van der Waals surface area contributed by atoms with Gasteiger partial charge in [0.15, 0.2) is 0 Å². The standard InChI is InChI=1S/C10H12N4O2S2/c11-18(15,16)10-3-1-2-8(4-10)5-12-6-9-7-17-14-13-9/h1-4,7,12H,5-6H2,(H2,11,15,16). The minimum Gasteiger partial charge on any atom is -0.307 e. The fourth-order valence-electron chi connectivity index (χ4n) is 1.43. The zero-order valence-corrected chi connectivity index (χ0v) is 11.0. The van der Waals surface area contributed by atoms with Crippen LogP contribution >= 0.6 is 11.5 Å². The van der Waals surface area contributed by atoms with Crippen LogP contribution in [0.3, 0.4) is 0 Å². The fraction of sp³-hybridized carbons (Fsp3) is 0.200. The molecule has 2 rings (SSSR count). The molecule has 0 saturated carbocycles. The molecular formula is C10H12N4O2S2. The average molecular weight is 284 g/mol. The predicted molar refractivity (Wildman–Crippen MR) is 68.3 cm³/mol. The van der Waals surface area contributed by atoms with E-state index in [9.17, 15) is 8.42 Å². The lowest BCUT2D eigenvalue weighted by Gasteiger charge is -2.04. The second-order valence-corrected chi connectivity index (χ2v) is 5.86. The molecule has 0 atom stereocenters. The van der Waals surface area contributed by atoms with E-state index in [1.54, 1.807) is 12.1 Å². The average Bonchev–Trinajstić information content (AvgIpc) is 2.81. The van der Waals surface area contributed by atoms with Gasteiger partial charge in [0.1, 0.15) is 0 Å². The zero-order valence-electron chi connectivity index (χ0n) is 9.41. The Morgan fingerprint density at radius 3 is 2.83 bits per heavy atom. The highest BCUT2D eigenvalue weighted by Gasteiger charge is 2.07. The maximum Gasteiger partial charge on any atom is 0.238 e. The summed E-state index contributed by atoms with van der Waals surface area (Å²) in [7, 11) is -3.64. The van der Waals surface area contributed by atoms with Crippen molar-refractivity contribution in [3.63, 3.8) is 0 Å². The van der Waals surface area contributed by atoms with Gasteiger partial charge in [-0.3, -0.25) is 0 Å². The van der Waals surface area contributed by atoms with Gasteiger partial charge in [-0.25, -0.2) is 13.6 Å². The van der Waals surface area contributed by atoms with Crippen molar-refractivity contribution in [1.29, 1.82) is 0 Å². The number of hydrogen-bond acceptors (Lipinski definition) is 6. The van der Waals surface area contributed by atoms with Gasteiger partial charge in [0, 0.05) is 18.5 Å². The van der Waals surface area contributed by atoms with Crippen LogP contribution in [0.2, 0.25) is 0 Å². The summed E-state index contributed by atoms with van der Waals surface area (Å²) in [6.07, 6.45) is 0.